The van der Waals surface area contributed by atoms with Crippen LogP contribution in [0, 0.1) is 5.82 Å². The molecule has 0 radical (unpaired) electrons. The minimum absolute atomic E-state index is 0.250. The molecule has 126 valence electrons. The average Bonchev–Trinajstić information content (AvgIpc) is 2.68. The van der Waals surface area contributed by atoms with Gasteiger partial charge in [-0.15, -0.1) is 0 Å². The lowest BCUT2D eigenvalue weighted by atomic mass is 10.0. The summed E-state index contributed by atoms with van der Waals surface area (Å²) >= 11 is 0. The summed E-state index contributed by atoms with van der Waals surface area (Å²) in [6.45, 7) is 0. The Kier molecular flexibility index (Phi) is 4.11. The summed E-state index contributed by atoms with van der Waals surface area (Å²) in [5.41, 5.74) is 3.17. The number of nitrogens with zero attached hydrogens (tertiary/aromatic N) is 2. The molecule has 0 aliphatic rings. The van der Waals surface area contributed by atoms with E-state index in [1.807, 2.05) is 24.3 Å². The highest BCUT2D eigenvalue weighted by molar-refractivity contribution is 6.13. The van der Waals surface area contributed by atoms with Crippen LogP contribution < -0.4 is 5.32 Å². The zero-order chi connectivity index (χ0) is 17.9. The largest absolute Gasteiger partial charge is 0.321 e. The van der Waals surface area contributed by atoms with Crippen molar-refractivity contribution in [3.8, 4) is 11.3 Å². The maximum atomic E-state index is 13.2. The lowest BCUT2D eigenvalue weighted by molar-refractivity contribution is 0.102. The molecule has 2 aromatic heterocycles. The number of aromatic nitrogens is 2. The van der Waals surface area contributed by atoms with Gasteiger partial charge in [-0.3, -0.25) is 9.78 Å². The van der Waals surface area contributed by atoms with Gasteiger partial charge in [0.15, 0.2) is 0 Å². The van der Waals surface area contributed by atoms with E-state index in [9.17, 15) is 9.18 Å². The second-order valence-electron chi connectivity index (χ2n) is 5.77. The van der Waals surface area contributed by atoms with Crippen LogP contribution in [0.1, 0.15) is 10.4 Å². The Morgan fingerprint density at radius 1 is 0.962 bits per heavy atom. The molecule has 0 saturated carbocycles. The Hall–Kier alpha value is -3.60. The van der Waals surface area contributed by atoms with Crippen molar-refractivity contribution in [2.45, 2.75) is 0 Å². The summed E-state index contributed by atoms with van der Waals surface area (Å²) in [6.07, 6.45) is 3.23. The number of rotatable bonds is 3. The Morgan fingerprint density at radius 2 is 1.77 bits per heavy atom. The summed E-state index contributed by atoms with van der Waals surface area (Å²) in [5, 5.41) is 3.60. The molecule has 0 fully saturated rings. The number of para-hydroxylation sites is 1. The number of carbonyl (C=O) groups is 1. The predicted molar refractivity (Wildman–Crippen MR) is 99.3 cm³/mol. The molecule has 26 heavy (non-hydrogen) atoms. The molecule has 0 spiro atoms. The van der Waals surface area contributed by atoms with Crippen LogP contribution in [0.25, 0.3) is 22.2 Å². The van der Waals surface area contributed by atoms with Crippen LogP contribution in [0.2, 0.25) is 0 Å². The molecule has 4 rings (SSSR count). The van der Waals surface area contributed by atoms with Crippen molar-refractivity contribution < 1.29 is 9.18 Å². The standard InChI is InChI=1S/C21H14FN3O/c22-15-9-7-14(8-10-15)20-12-18(17-5-1-2-6-19(17)25-20)21(26)24-16-4-3-11-23-13-16/h1-13H,(H,24,26). The molecule has 0 atom stereocenters. The van der Waals surface area contributed by atoms with Gasteiger partial charge in [0.05, 0.1) is 28.7 Å². The summed E-state index contributed by atoms with van der Waals surface area (Å²) in [4.78, 5) is 21.5. The van der Waals surface area contributed by atoms with E-state index < -0.39 is 0 Å². The number of hydrogen-bond acceptors (Lipinski definition) is 3. The van der Waals surface area contributed by atoms with E-state index >= 15 is 0 Å². The number of nitrogens with one attached hydrogen (secondary N) is 1. The smallest absolute Gasteiger partial charge is 0.256 e. The minimum Gasteiger partial charge on any atom is -0.321 e. The third-order valence-corrected chi connectivity index (χ3v) is 4.02. The second-order valence-corrected chi connectivity index (χ2v) is 5.77. The molecule has 0 aliphatic carbocycles. The molecule has 0 aliphatic heterocycles. The number of anilines is 1. The summed E-state index contributed by atoms with van der Waals surface area (Å²) in [7, 11) is 0. The van der Waals surface area contributed by atoms with Gasteiger partial charge < -0.3 is 5.32 Å². The fourth-order valence-corrected chi connectivity index (χ4v) is 2.77. The highest BCUT2D eigenvalue weighted by atomic mass is 19.1. The first-order valence-electron chi connectivity index (χ1n) is 8.08. The quantitative estimate of drug-likeness (QED) is 0.587. The van der Waals surface area contributed by atoms with Crippen molar-refractivity contribution >= 4 is 22.5 Å². The summed E-state index contributed by atoms with van der Waals surface area (Å²) < 4.78 is 13.2. The fraction of sp³-hybridized carbons (Fsp3) is 0. The average molecular weight is 343 g/mol. The van der Waals surface area contributed by atoms with Crippen molar-refractivity contribution in [2.75, 3.05) is 5.32 Å². The van der Waals surface area contributed by atoms with Gasteiger partial charge in [0.1, 0.15) is 5.82 Å². The van der Waals surface area contributed by atoms with Gasteiger partial charge in [0.25, 0.3) is 5.91 Å². The molecule has 4 aromatic rings. The molecule has 4 nitrogen and oxygen atoms in total. The zero-order valence-corrected chi connectivity index (χ0v) is 13.7. The predicted octanol–water partition coefficient (Wildman–Crippen LogP) is 4.69. The van der Waals surface area contributed by atoms with E-state index in [0.717, 1.165) is 10.9 Å². The monoisotopic (exact) mass is 343 g/mol. The van der Waals surface area contributed by atoms with Crippen LogP contribution in [0.3, 0.4) is 0 Å². The highest BCUT2D eigenvalue weighted by Gasteiger charge is 2.14. The van der Waals surface area contributed by atoms with Crippen LogP contribution in [0.15, 0.2) is 79.1 Å². The minimum atomic E-state index is -0.316. The van der Waals surface area contributed by atoms with Gasteiger partial charge in [-0.05, 0) is 48.5 Å². The van der Waals surface area contributed by atoms with Crippen molar-refractivity contribution in [1.29, 1.82) is 0 Å². The molecule has 0 bridgehead atoms. The topological polar surface area (TPSA) is 54.9 Å². The first-order chi connectivity index (χ1) is 12.7. The number of halogens is 1. The van der Waals surface area contributed by atoms with Crippen molar-refractivity contribution in [3.05, 3.63) is 90.5 Å². The molecule has 0 unspecified atom stereocenters. The number of pyridine rings is 2. The first-order valence-corrected chi connectivity index (χ1v) is 8.08. The third kappa shape index (κ3) is 3.15. The molecule has 1 N–H and O–H groups in total. The molecule has 1 amide bonds. The van der Waals surface area contributed by atoms with Crippen LogP contribution >= 0.6 is 0 Å². The van der Waals surface area contributed by atoms with Crippen LogP contribution in [-0.2, 0) is 0 Å². The maximum Gasteiger partial charge on any atom is 0.256 e. The van der Waals surface area contributed by atoms with Gasteiger partial charge in [0.2, 0.25) is 0 Å². The lowest BCUT2D eigenvalue weighted by Crippen LogP contribution is -2.13. The molecular weight excluding hydrogens is 329 g/mol. The molecule has 2 heterocycles. The van der Waals surface area contributed by atoms with Crippen LogP contribution in [-0.4, -0.2) is 15.9 Å². The number of benzene rings is 2. The van der Waals surface area contributed by atoms with E-state index in [2.05, 4.69) is 15.3 Å². The highest BCUT2D eigenvalue weighted by Crippen LogP contribution is 2.25. The Balaban J connectivity index is 1.82. The van der Waals surface area contributed by atoms with E-state index in [4.69, 9.17) is 0 Å². The second kappa shape index (κ2) is 6.72. The normalized spacial score (nSPS) is 10.7. The zero-order valence-electron chi connectivity index (χ0n) is 13.7. The van der Waals surface area contributed by atoms with Gasteiger partial charge in [0, 0.05) is 17.1 Å². The molecule has 0 saturated heterocycles. The van der Waals surface area contributed by atoms with Crippen LogP contribution in [0.5, 0.6) is 0 Å². The Labute approximate surface area is 149 Å². The number of fused-ring (bicyclic) bond motifs is 1. The summed E-state index contributed by atoms with van der Waals surface area (Å²) in [5.74, 6) is -0.566. The number of hydrogen-bond donors (Lipinski definition) is 1. The summed E-state index contributed by atoms with van der Waals surface area (Å²) in [6, 6.07) is 18.7. The van der Waals surface area contributed by atoms with Crippen molar-refractivity contribution in [2.24, 2.45) is 0 Å². The van der Waals surface area contributed by atoms with E-state index in [0.29, 0.717) is 22.5 Å². The van der Waals surface area contributed by atoms with Crippen molar-refractivity contribution in [3.63, 3.8) is 0 Å². The van der Waals surface area contributed by atoms with E-state index in [1.54, 1.807) is 42.7 Å². The first kappa shape index (κ1) is 15.9. The van der Waals surface area contributed by atoms with E-state index in [-0.39, 0.29) is 11.7 Å². The van der Waals surface area contributed by atoms with Crippen molar-refractivity contribution in [1.82, 2.24) is 9.97 Å². The molecule has 5 heteroatoms. The number of carbonyl (C=O) groups excluding carboxylic acids is 1. The SMILES string of the molecule is O=C(Nc1cccnc1)c1cc(-c2ccc(F)cc2)nc2ccccc12. The van der Waals surface area contributed by atoms with Gasteiger partial charge in [-0.25, -0.2) is 9.37 Å². The third-order valence-electron chi connectivity index (χ3n) is 4.02. The van der Waals surface area contributed by atoms with Gasteiger partial charge in [-0.2, -0.15) is 0 Å². The van der Waals surface area contributed by atoms with Gasteiger partial charge in [-0.1, -0.05) is 18.2 Å². The maximum absolute atomic E-state index is 13.2. The molecule has 2 aromatic carbocycles. The van der Waals surface area contributed by atoms with Crippen LogP contribution in [0.4, 0.5) is 10.1 Å². The fourth-order valence-electron chi connectivity index (χ4n) is 2.77. The van der Waals surface area contributed by atoms with Gasteiger partial charge >= 0.3 is 0 Å². The Morgan fingerprint density at radius 3 is 2.54 bits per heavy atom. The number of amides is 1. The Bertz CT molecular complexity index is 1080. The van der Waals surface area contributed by atoms with E-state index in [1.165, 1.54) is 12.1 Å². The molecular formula is C21H14FN3O. The lowest BCUT2D eigenvalue weighted by Gasteiger charge is -2.10.